The molecule has 1 aliphatic rings. The Morgan fingerprint density at radius 1 is 0.806 bits per heavy atom. The Morgan fingerprint density at radius 2 is 1.29 bits per heavy atom. The first-order chi connectivity index (χ1) is 14.8. The fraction of sp³-hybridized carbons (Fsp3) is 0.217. The molecule has 0 amide bonds. The fourth-order valence-corrected chi connectivity index (χ4v) is 8.04. The van der Waals surface area contributed by atoms with Crippen molar-refractivity contribution in [1.29, 1.82) is 0 Å². The van der Waals surface area contributed by atoms with Crippen LogP contribution in [0.1, 0.15) is 18.0 Å². The molecule has 1 heterocycles. The summed E-state index contributed by atoms with van der Waals surface area (Å²) in [6.45, 7) is 0. The van der Waals surface area contributed by atoms with Crippen molar-refractivity contribution < 1.29 is 21.7 Å². The Bertz CT molecular complexity index is 1250. The van der Waals surface area contributed by atoms with E-state index in [-0.39, 0.29) is 16.2 Å². The Labute approximate surface area is 182 Å². The minimum absolute atomic E-state index is 0.0171. The molecule has 1 saturated heterocycles. The molecule has 1 aliphatic heterocycles. The third-order valence-electron chi connectivity index (χ3n) is 5.49. The number of hydroxylamine groups is 2. The van der Waals surface area contributed by atoms with Crippen molar-refractivity contribution in [1.82, 2.24) is 5.06 Å². The third kappa shape index (κ3) is 4.04. The van der Waals surface area contributed by atoms with E-state index in [1.54, 1.807) is 43.4 Å². The smallest absolute Gasteiger partial charge is 0.211 e. The summed E-state index contributed by atoms with van der Waals surface area (Å²) in [5.74, 6) is -0.686. The van der Waals surface area contributed by atoms with Gasteiger partial charge in [0.15, 0.2) is 9.84 Å². The van der Waals surface area contributed by atoms with Gasteiger partial charge in [-0.2, -0.15) is 5.06 Å². The predicted octanol–water partition coefficient (Wildman–Crippen LogP) is 3.64. The number of hydrogen-bond donors (Lipinski definition) is 0. The normalized spacial score (nSPS) is 22.4. The quantitative estimate of drug-likeness (QED) is 0.562. The van der Waals surface area contributed by atoms with Crippen LogP contribution in [0, 0.1) is 0 Å². The topological polar surface area (TPSA) is 80.8 Å². The summed E-state index contributed by atoms with van der Waals surface area (Å²) < 4.78 is 54.1. The standard InChI is InChI=1S/C23H23NO5S2/c1-24-22(19-11-5-2-6-12-19)17-23(29-24,31(27,28)21-15-9-4-10-16-21)18-30(25,26)20-13-7-3-8-14-20/h2-16,22H,17-18H2,1H3. The number of hydrogen-bond acceptors (Lipinski definition) is 6. The average molecular weight is 458 g/mol. The molecular weight excluding hydrogens is 434 g/mol. The van der Waals surface area contributed by atoms with Crippen molar-refractivity contribution in [3.05, 3.63) is 96.6 Å². The highest BCUT2D eigenvalue weighted by Crippen LogP contribution is 2.46. The lowest BCUT2D eigenvalue weighted by Crippen LogP contribution is -2.45. The highest BCUT2D eigenvalue weighted by molar-refractivity contribution is 7.96. The van der Waals surface area contributed by atoms with E-state index in [0.29, 0.717) is 0 Å². The molecule has 0 bridgehead atoms. The Hall–Kier alpha value is -2.52. The first kappa shape index (κ1) is 21.7. The van der Waals surface area contributed by atoms with E-state index in [0.717, 1.165) is 5.56 Å². The maximum absolute atomic E-state index is 13.8. The highest BCUT2D eigenvalue weighted by atomic mass is 32.2. The molecule has 0 spiro atoms. The van der Waals surface area contributed by atoms with Gasteiger partial charge in [-0.15, -0.1) is 0 Å². The zero-order chi connectivity index (χ0) is 22.1. The summed E-state index contributed by atoms with van der Waals surface area (Å²) in [6, 6.07) is 24.6. The zero-order valence-corrected chi connectivity index (χ0v) is 18.6. The summed E-state index contributed by atoms with van der Waals surface area (Å²) >= 11 is 0. The van der Waals surface area contributed by atoms with Crippen molar-refractivity contribution in [3.8, 4) is 0 Å². The van der Waals surface area contributed by atoms with Gasteiger partial charge in [0, 0.05) is 13.5 Å². The van der Waals surface area contributed by atoms with Crippen LogP contribution in [0.25, 0.3) is 0 Å². The molecule has 31 heavy (non-hydrogen) atoms. The van der Waals surface area contributed by atoms with Crippen LogP contribution >= 0.6 is 0 Å². The van der Waals surface area contributed by atoms with Gasteiger partial charge in [0.2, 0.25) is 14.8 Å². The van der Waals surface area contributed by atoms with Gasteiger partial charge in [-0.05, 0) is 29.8 Å². The molecule has 3 aromatic carbocycles. The van der Waals surface area contributed by atoms with Crippen LogP contribution in [0.3, 0.4) is 0 Å². The molecule has 3 aromatic rings. The number of nitrogens with zero attached hydrogens (tertiary/aromatic N) is 1. The summed E-state index contributed by atoms with van der Waals surface area (Å²) in [7, 11) is -6.48. The second-order valence-electron chi connectivity index (χ2n) is 7.57. The second kappa shape index (κ2) is 8.20. The molecule has 0 radical (unpaired) electrons. The zero-order valence-electron chi connectivity index (χ0n) is 17.0. The van der Waals surface area contributed by atoms with Crippen LogP contribution in [-0.2, 0) is 24.5 Å². The molecule has 0 saturated carbocycles. The van der Waals surface area contributed by atoms with E-state index in [1.165, 1.54) is 29.3 Å². The molecule has 0 aromatic heterocycles. The lowest BCUT2D eigenvalue weighted by Gasteiger charge is -2.27. The van der Waals surface area contributed by atoms with Gasteiger partial charge < -0.3 is 0 Å². The van der Waals surface area contributed by atoms with Crippen molar-refractivity contribution in [2.24, 2.45) is 0 Å². The van der Waals surface area contributed by atoms with Crippen LogP contribution in [0.5, 0.6) is 0 Å². The Kier molecular flexibility index (Phi) is 5.74. The summed E-state index contributed by atoms with van der Waals surface area (Å²) in [5, 5.41) is 1.45. The van der Waals surface area contributed by atoms with Crippen LogP contribution in [0.2, 0.25) is 0 Å². The van der Waals surface area contributed by atoms with Gasteiger partial charge in [0.25, 0.3) is 0 Å². The molecule has 2 unspecified atom stereocenters. The van der Waals surface area contributed by atoms with Gasteiger partial charge in [-0.25, -0.2) is 16.8 Å². The van der Waals surface area contributed by atoms with E-state index >= 15 is 0 Å². The third-order valence-corrected chi connectivity index (χ3v) is 9.77. The van der Waals surface area contributed by atoms with Crippen molar-refractivity contribution in [2.75, 3.05) is 12.8 Å². The summed E-state index contributed by atoms with van der Waals surface area (Å²) in [4.78, 5) is 4.09. The van der Waals surface area contributed by atoms with E-state index in [4.69, 9.17) is 4.84 Å². The minimum Gasteiger partial charge on any atom is -0.274 e. The van der Waals surface area contributed by atoms with Gasteiger partial charge >= 0.3 is 0 Å². The molecule has 1 fully saturated rings. The van der Waals surface area contributed by atoms with Crippen molar-refractivity contribution in [3.63, 3.8) is 0 Å². The monoisotopic (exact) mass is 457 g/mol. The SMILES string of the molecule is CN1OC(CS(=O)(=O)c2ccccc2)(S(=O)(=O)c2ccccc2)CC1c1ccccc1. The van der Waals surface area contributed by atoms with Gasteiger partial charge in [-0.3, -0.25) is 4.84 Å². The Balaban J connectivity index is 1.83. The van der Waals surface area contributed by atoms with Crippen LogP contribution in [0.4, 0.5) is 0 Å². The van der Waals surface area contributed by atoms with Gasteiger partial charge in [-0.1, -0.05) is 66.7 Å². The molecule has 162 valence electrons. The van der Waals surface area contributed by atoms with E-state index in [9.17, 15) is 16.8 Å². The lowest BCUT2D eigenvalue weighted by atomic mass is 10.0. The van der Waals surface area contributed by atoms with Crippen molar-refractivity contribution in [2.45, 2.75) is 27.2 Å². The summed E-state index contributed by atoms with van der Waals surface area (Å²) in [6.07, 6.45) is -0.0171. The molecule has 2 atom stereocenters. The average Bonchev–Trinajstić information content (AvgIpc) is 3.12. The molecule has 0 N–H and O–H groups in total. The molecular formula is C23H23NO5S2. The Morgan fingerprint density at radius 3 is 1.84 bits per heavy atom. The number of sulfone groups is 2. The van der Waals surface area contributed by atoms with Crippen LogP contribution in [0.15, 0.2) is 101 Å². The fourth-order valence-electron chi connectivity index (χ4n) is 3.93. The largest absolute Gasteiger partial charge is 0.274 e. The second-order valence-corrected chi connectivity index (χ2v) is 11.8. The van der Waals surface area contributed by atoms with E-state index in [2.05, 4.69) is 0 Å². The van der Waals surface area contributed by atoms with Gasteiger partial charge in [0.1, 0.15) is 5.75 Å². The first-order valence-electron chi connectivity index (χ1n) is 9.80. The first-order valence-corrected chi connectivity index (χ1v) is 12.9. The minimum atomic E-state index is -4.16. The lowest BCUT2D eigenvalue weighted by molar-refractivity contribution is -0.153. The maximum Gasteiger partial charge on any atom is 0.211 e. The molecule has 0 aliphatic carbocycles. The van der Waals surface area contributed by atoms with Crippen LogP contribution in [-0.4, -0.2) is 39.6 Å². The highest BCUT2D eigenvalue weighted by Gasteiger charge is 2.57. The molecule has 6 nitrogen and oxygen atoms in total. The van der Waals surface area contributed by atoms with E-state index < -0.39 is 36.4 Å². The van der Waals surface area contributed by atoms with Crippen LogP contribution < -0.4 is 0 Å². The van der Waals surface area contributed by atoms with Gasteiger partial charge in [0.05, 0.1) is 15.8 Å². The number of rotatable bonds is 6. The predicted molar refractivity (Wildman–Crippen MR) is 118 cm³/mol. The summed E-state index contributed by atoms with van der Waals surface area (Å²) in [5.41, 5.74) is 0.854. The van der Waals surface area contributed by atoms with E-state index in [1.807, 2.05) is 30.3 Å². The molecule has 4 rings (SSSR count). The number of benzene rings is 3. The maximum atomic E-state index is 13.8. The van der Waals surface area contributed by atoms with Crippen molar-refractivity contribution >= 4 is 19.7 Å². The molecule has 8 heteroatoms.